The molecule has 150 valence electrons. The number of methoxy groups -OCH3 is 1. The molecular weight excluding hydrogens is 372 g/mol. The molecule has 0 atom stereocenters. The average Bonchev–Trinajstić information content (AvgIpc) is 3.37. The zero-order valence-corrected chi connectivity index (χ0v) is 16.1. The van der Waals surface area contributed by atoms with Crippen molar-refractivity contribution < 1.29 is 19.4 Å². The maximum Gasteiger partial charge on any atom is 0.335 e. The molecule has 1 saturated carbocycles. The molecule has 1 heterocycles. The van der Waals surface area contributed by atoms with E-state index in [9.17, 15) is 9.59 Å². The second kappa shape index (κ2) is 7.87. The van der Waals surface area contributed by atoms with Gasteiger partial charge in [-0.15, -0.1) is 0 Å². The minimum absolute atomic E-state index is 0.164. The van der Waals surface area contributed by atoms with E-state index in [1.54, 1.807) is 19.2 Å². The summed E-state index contributed by atoms with van der Waals surface area (Å²) in [6, 6.07) is 13.2. The predicted octanol–water partition coefficient (Wildman–Crippen LogP) is 3.86. The van der Waals surface area contributed by atoms with Gasteiger partial charge in [0.25, 0.3) is 5.56 Å². The van der Waals surface area contributed by atoms with Crippen LogP contribution in [0.25, 0.3) is 16.9 Å². The van der Waals surface area contributed by atoms with Crippen LogP contribution >= 0.6 is 0 Å². The number of carboxylic acids is 1. The minimum Gasteiger partial charge on any atom is -0.493 e. The number of H-pyrrole nitrogens is 1. The smallest absolute Gasteiger partial charge is 0.335 e. The molecule has 0 saturated heterocycles. The van der Waals surface area contributed by atoms with Crippen LogP contribution in [0, 0.1) is 0 Å². The molecule has 2 aromatic carbocycles. The second-order valence-corrected chi connectivity index (χ2v) is 7.09. The van der Waals surface area contributed by atoms with Gasteiger partial charge in [-0.3, -0.25) is 9.89 Å². The van der Waals surface area contributed by atoms with Crippen molar-refractivity contribution in [3.05, 3.63) is 64.4 Å². The van der Waals surface area contributed by atoms with E-state index in [1.165, 1.54) is 35.7 Å². The van der Waals surface area contributed by atoms with Crippen molar-refractivity contribution in [1.82, 2.24) is 9.78 Å². The van der Waals surface area contributed by atoms with Gasteiger partial charge >= 0.3 is 5.97 Å². The molecule has 0 amide bonds. The Morgan fingerprint density at radius 1 is 1.07 bits per heavy atom. The number of aromatic carboxylic acids is 1. The number of nitrogens with zero attached hydrogens (tertiary/aromatic N) is 1. The number of carbonyl (C=O) groups is 1. The van der Waals surface area contributed by atoms with Gasteiger partial charge in [0.2, 0.25) is 0 Å². The number of nitrogens with one attached hydrogen (secondary N) is 1. The van der Waals surface area contributed by atoms with E-state index in [4.69, 9.17) is 14.6 Å². The van der Waals surface area contributed by atoms with E-state index in [-0.39, 0.29) is 17.2 Å². The standard InChI is InChI=1S/C22H22N2O5/c1-28-19-11-8-15(12-20(19)29-17-4-2-3-5-17)18-13-21(25)24(23-18)16-9-6-14(7-10-16)22(26)27/h6-13,17,23H,2-5H2,1H3,(H,26,27). The molecule has 4 rings (SSSR count). The van der Waals surface area contributed by atoms with Crippen molar-refractivity contribution in [1.29, 1.82) is 0 Å². The maximum atomic E-state index is 12.5. The van der Waals surface area contributed by atoms with E-state index >= 15 is 0 Å². The first kappa shape index (κ1) is 18.9. The first-order chi connectivity index (χ1) is 14.0. The lowest BCUT2D eigenvalue weighted by molar-refractivity contribution is 0.0697. The van der Waals surface area contributed by atoms with E-state index in [0.29, 0.717) is 22.9 Å². The van der Waals surface area contributed by atoms with Crippen LogP contribution in [0.5, 0.6) is 11.5 Å². The molecule has 7 nitrogen and oxygen atoms in total. The van der Waals surface area contributed by atoms with Crippen LogP contribution in [0.15, 0.2) is 53.3 Å². The first-order valence-electron chi connectivity index (χ1n) is 9.56. The number of benzene rings is 2. The fraction of sp³-hybridized carbons (Fsp3) is 0.273. The van der Waals surface area contributed by atoms with Crippen molar-refractivity contribution in [3.8, 4) is 28.4 Å². The Kier molecular flexibility index (Phi) is 5.12. The lowest BCUT2D eigenvalue weighted by Crippen LogP contribution is -2.13. The van der Waals surface area contributed by atoms with Gasteiger partial charge in [0.05, 0.1) is 30.2 Å². The van der Waals surface area contributed by atoms with Gasteiger partial charge in [-0.1, -0.05) is 0 Å². The maximum absolute atomic E-state index is 12.5. The SMILES string of the molecule is COc1ccc(-c2cc(=O)n(-c3ccc(C(=O)O)cc3)[nH]2)cc1OC1CCCC1. The minimum atomic E-state index is -1.01. The summed E-state index contributed by atoms with van der Waals surface area (Å²) in [5.41, 5.74) is 1.92. The summed E-state index contributed by atoms with van der Waals surface area (Å²) in [6.45, 7) is 0. The summed E-state index contributed by atoms with van der Waals surface area (Å²) in [5.74, 6) is 0.312. The second-order valence-electron chi connectivity index (χ2n) is 7.09. The van der Waals surface area contributed by atoms with Crippen LogP contribution in [0.2, 0.25) is 0 Å². The average molecular weight is 394 g/mol. The largest absolute Gasteiger partial charge is 0.493 e. The van der Waals surface area contributed by atoms with Crippen molar-refractivity contribution in [2.45, 2.75) is 31.8 Å². The molecule has 0 unspecified atom stereocenters. The lowest BCUT2D eigenvalue weighted by atomic mass is 10.1. The van der Waals surface area contributed by atoms with Crippen LogP contribution in [-0.2, 0) is 0 Å². The molecule has 3 aromatic rings. The third kappa shape index (κ3) is 3.89. The van der Waals surface area contributed by atoms with Gasteiger partial charge in [-0.25, -0.2) is 9.48 Å². The highest BCUT2D eigenvalue weighted by Gasteiger charge is 2.19. The zero-order chi connectivity index (χ0) is 20.4. The normalized spacial score (nSPS) is 14.1. The Morgan fingerprint density at radius 3 is 2.45 bits per heavy atom. The topological polar surface area (TPSA) is 93.5 Å². The Morgan fingerprint density at radius 2 is 1.79 bits per heavy atom. The van der Waals surface area contributed by atoms with E-state index in [1.807, 2.05) is 18.2 Å². The molecule has 1 aliphatic rings. The number of hydrogen-bond acceptors (Lipinski definition) is 4. The molecule has 1 fully saturated rings. The van der Waals surface area contributed by atoms with Crippen molar-refractivity contribution in [2.24, 2.45) is 0 Å². The first-order valence-corrected chi connectivity index (χ1v) is 9.56. The summed E-state index contributed by atoms with van der Waals surface area (Å²) in [7, 11) is 1.61. The number of aromatic amines is 1. The van der Waals surface area contributed by atoms with Gasteiger partial charge in [-0.2, -0.15) is 0 Å². The van der Waals surface area contributed by atoms with Crippen LogP contribution in [0.4, 0.5) is 0 Å². The third-order valence-electron chi connectivity index (χ3n) is 5.16. The highest BCUT2D eigenvalue weighted by atomic mass is 16.5. The highest BCUT2D eigenvalue weighted by molar-refractivity contribution is 5.87. The molecule has 0 aliphatic heterocycles. The summed E-state index contributed by atoms with van der Waals surface area (Å²) in [4.78, 5) is 23.5. The van der Waals surface area contributed by atoms with Crippen molar-refractivity contribution in [2.75, 3.05) is 7.11 Å². The lowest BCUT2D eigenvalue weighted by Gasteiger charge is -2.16. The number of hydrogen-bond donors (Lipinski definition) is 2. The molecular formula is C22H22N2O5. The Labute approximate surface area is 167 Å². The Hall–Kier alpha value is -3.48. The molecule has 0 spiro atoms. The quantitative estimate of drug-likeness (QED) is 0.662. The van der Waals surface area contributed by atoms with Crippen LogP contribution in [0.1, 0.15) is 36.0 Å². The van der Waals surface area contributed by atoms with E-state index < -0.39 is 5.97 Å². The fourth-order valence-corrected chi connectivity index (χ4v) is 3.61. The Balaban J connectivity index is 1.65. The zero-order valence-electron chi connectivity index (χ0n) is 16.1. The van der Waals surface area contributed by atoms with Crippen LogP contribution in [0.3, 0.4) is 0 Å². The number of ether oxygens (including phenoxy) is 2. The van der Waals surface area contributed by atoms with Gasteiger partial charge < -0.3 is 14.6 Å². The van der Waals surface area contributed by atoms with Crippen molar-refractivity contribution >= 4 is 5.97 Å². The van der Waals surface area contributed by atoms with Gasteiger partial charge in [-0.05, 0) is 68.1 Å². The van der Waals surface area contributed by atoms with Crippen LogP contribution in [-0.4, -0.2) is 34.1 Å². The molecule has 7 heteroatoms. The number of rotatable bonds is 6. The molecule has 2 N–H and O–H groups in total. The molecule has 0 bridgehead atoms. The molecule has 29 heavy (non-hydrogen) atoms. The fourth-order valence-electron chi connectivity index (χ4n) is 3.61. The summed E-state index contributed by atoms with van der Waals surface area (Å²) >= 11 is 0. The van der Waals surface area contributed by atoms with Crippen LogP contribution < -0.4 is 15.0 Å². The van der Waals surface area contributed by atoms with Gasteiger partial charge in [0.15, 0.2) is 11.5 Å². The summed E-state index contributed by atoms with van der Waals surface area (Å²) in [5, 5.41) is 12.1. The molecule has 1 aliphatic carbocycles. The van der Waals surface area contributed by atoms with E-state index in [2.05, 4.69) is 5.10 Å². The van der Waals surface area contributed by atoms with Crippen molar-refractivity contribution in [3.63, 3.8) is 0 Å². The van der Waals surface area contributed by atoms with Gasteiger partial charge in [0, 0.05) is 11.6 Å². The number of carboxylic acid groups (broad SMARTS) is 1. The summed E-state index contributed by atoms with van der Waals surface area (Å²) in [6.07, 6.45) is 4.60. The van der Waals surface area contributed by atoms with E-state index in [0.717, 1.165) is 18.4 Å². The Bertz CT molecular complexity index is 1080. The highest BCUT2D eigenvalue weighted by Crippen LogP contribution is 2.34. The summed E-state index contributed by atoms with van der Waals surface area (Å²) < 4.78 is 12.9. The van der Waals surface area contributed by atoms with Gasteiger partial charge in [0.1, 0.15) is 0 Å². The third-order valence-corrected chi connectivity index (χ3v) is 5.16. The molecule has 1 aromatic heterocycles. The monoisotopic (exact) mass is 394 g/mol. The number of aromatic nitrogens is 2. The molecule has 0 radical (unpaired) electrons. The predicted molar refractivity (Wildman–Crippen MR) is 108 cm³/mol.